The summed E-state index contributed by atoms with van der Waals surface area (Å²) in [5.74, 6) is -1.82. The number of benzene rings is 2. The minimum atomic E-state index is -0.965. The van der Waals surface area contributed by atoms with E-state index in [9.17, 15) is 9.59 Å². The summed E-state index contributed by atoms with van der Waals surface area (Å²) in [5.41, 5.74) is 13.4. The lowest BCUT2D eigenvalue weighted by Crippen LogP contribution is -3.00. The summed E-state index contributed by atoms with van der Waals surface area (Å²) in [6.45, 7) is 0. The maximum Gasteiger partial charge on any atom is 0.362 e. The third-order valence-corrected chi connectivity index (χ3v) is 5.53. The minimum Gasteiger partial charge on any atom is -1.00 e. The summed E-state index contributed by atoms with van der Waals surface area (Å²) in [6.07, 6.45) is 4.74. The number of carbonyl (C=O) groups is 2. The van der Waals surface area contributed by atoms with Crippen LogP contribution in [0.3, 0.4) is 0 Å². The Hall–Kier alpha value is -3.33. The fourth-order valence-electron chi connectivity index (χ4n) is 3.85. The van der Waals surface area contributed by atoms with E-state index in [4.69, 9.17) is 17.3 Å². The molecular weight excluding hydrogens is 468 g/mol. The molecule has 4 aromatic rings. The van der Waals surface area contributed by atoms with E-state index >= 15 is 0 Å². The first kappa shape index (κ1) is 29.7. The summed E-state index contributed by atoms with van der Waals surface area (Å²) in [7, 11) is 5.16. The molecule has 2 aromatic carbocycles. The summed E-state index contributed by atoms with van der Waals surface area (Å²) in [5, 5.41) is 19.8. The van der Waals surface area contributed by atoms with Crippen LogP contribution in [0.25, 0.3) is 21.8 Å². The molecule has 9 heteroatoms. The molecule has 0 aliphatic carbocycles. The predicted molar refractivity (Wildman–Crippen MR) is 138 cm³/mol. The van der Waals surface area contributed by atoms with Crippen molar-refractivity contribution in [2.75, 3.05) is 0 Å². The van der Waals surface area contributed by atoms with Crippen molar-refractivity contribution in [2.45, 2.75) is 39.8 Å². The van der Waals surface area contributed by atoms with Gasteiger partial charge in [-0.2, -0.15) is 0 Å². The zero-order valence-electron chi connectivity index (χ0n) is 21.6. The highest BCUT2D eigenvalue weighted by molar-refractivity contribution is 5.85. The molecule has 35 heavy (non-hydrogen) atoms. The van der Waals surface area contributed by atoms with E-state index in [1.165, 1.54) is 7.40 Å². The van der Waals surface area contributed by atoms with Gasteiger partial charge >= 0.3 is 11.9 Å². The van der Waals surface area contributed by atoms with E-state index in [1.807, 2.05) is 84.2 Å². The van der Waals surface area contributed by atoms with Gasteiger partial charge in [0, 0.05) is 62.5 Å². The number of para-hydroxylation sites is 2. The summed E-state index contributed by atoms with van der Waals surface area (Å²) >= 11 is 0. The highest BCUT2D eigenvalue weighted by atomic mass is 35.5. The van der Waals surface area contributed by atoms with Gasteiger partial charge in [-0.05, 0) is 23.3 Å². The molecule has 0 saturated heterocycles. The summed E-state index contributed by atoms with van der Waals surface area (Å²) in [4.78, 5) is 21.5. The van der Waals surface area contributed by atoms with E-state index in [1.54, 1.807) is 0 Å². The number of carboxylic acid groups (broad SMARTS) is 2. The monoisotopic (exact) mass is 508 g/mol. The van der Waals surface area contributed by atoms with Gasteiger partial charge in [-0.1, -0.05) is 51.2 Å². The largest absolute Gasteiger partial charge is 1.00 e. The fourth-order valence-corrected chi connectivity index (χ4v) is 3.85. The third kappa shape index (κ3) is 7.32. The molecule has 2 heterocycles. The number of nitrogens with two attached hydrogens (primary N) is 1. The number of quaternary nitrogens is 1. The van der Waals surface area contributed by atoms with Crippen LogP contribution in [0.4, 0.5) is 0 Å². The van der Waals surface area contributed by atoms with Crippen LogP contribution in [0, 0.1) is 0 Å². The second-order valence-corrected chi connectivity index (χ2v) is 7.95. The smallest absolute Gasteiger partial charge is 0.362 e. The molecule has 0 saturated carbocycles. The van der Waals surface area contributed by atoms with Gasteiger partial charge < -0.3 is 44.6 Å². The van der Waals surface area contributed by atoms with Crippen LogP contribution >= 0.6 is 0 Å². The molecule has 194 valence electrons. The van der Waals surface area contributed by atoms with Crippen molar-refractivity contribution in [3.8, 4) is 0 Å². The standard InChI is InChI=1S/2C12H14N2O2.2CH4.ClH.H/c2*1-14-7-8(6-10(13)12(15)16)9-4-2-3-5-11(9)14;;;;/h2*2-5,7,10H,6,13H2,1H3,(H,15,16);2*1H4;1H;/q;;;;;-1/t2*10-;;;;/m11..../s1/i;;1T;;;1+1. The first-order valence-corrected chi connectivity index (χ1v) is 10.3. The van der Waals surface area contributed by atoms with Gasteiger partial charge in [-0.15, -0.1) is 0 Å². The quantitative estimate of drug-likeness (QED) is 0.289. The Balaban J connectivity index is 0. The number of rotatable bonds is 6. The van der Waals surface area contributed by atoms with Crippen LogP contribution in [0.5, 0.6) is 0 Å². The molecule has 0 radical (unpaired) electrons. The Labute approximate surface area is 215 Å². The number of aryl methyl sites for hydroxylation is 2. The molecule has 4 rings (SSSR count). The van der Waals surface area contributed by atoms with Gasteiger partial charge in [0.05, 0.1) is 0 Å². The first-order valence-electron chi connectivity index (χ1n) is 11.3. The van der Waals surface area contributed by atoms with Crippen molar-refractivity contribution < 1.29 is 40.7 Å². The molecule has 0 amide bonds. The van der Waals surface area contributed by atoms with E-state index in [0.29, 0.717) is 12.8 Å². The highest BCUT2D eigenvalue weighted by Gasteiger charge is 2.18. The average Bonchev–Trinajstić information content (AvgIpc) is 3.32. The molecule has 7 N–H and O–H groups in total. The lowest BCUT2D eigenvalue weighted by Gasteiger charge is -2.04. The van der Waals surface area contributed by atoms with Crippen molar-refractivity contribution in [1.29, 1.82) is 0 Å². The fraction of sp³-hybridized carbons (Fsp3) is 0.308. The number of fused-ring (bicyclic) bond motifs is 2. The SMILES string of the molecule is C.Cn1cc(C[C@@H](N)C(=O)O)c2ccccc21.Cn1cc(C[C@@H]([NH3+])C(=O)O)c2ccccc21.[2H-].[3H]C.[Cl-]. The van der Waals surface area contributed by atoms with Crippen LogP contribution in [-0.4, -0.2) is 43.4 Å². The van der Waals surface area contributed by atoms with E-state index in [2.05, 4.69) is 5.73 Å². The molecule has 2 atom stereocenters. The minimum absolute atomic E-state index is 0. The van der Waals surface area contributed by atoms with Crippen LogP contribution in [0.1, 0.15) is 28.8 Å². The number of hydrogen-bond donors (Lipinski definition) is 4. The number of carboxylic acids is 2. The zero-order valence-corrected chi connectivity index (χ0v) is 20.4. The Bertz CT molecular complexity index is 1180. The zero-order chi connectivity index (χ0) is 25.4. The van der Waals surface area contributed by atoms with Crippen LogP contribution in [0.15, 0.2) is 60.9 Å². The summed E-state index contributed by atoms with van der Waals surface area (Å²) in [6, 6.07) is 14.4. The van der Waals surface area contributed by atoms with Crippen molar-refractivity contribution in [1.82, 2.24) is 9.13 Å². The number of hydrogen-bond acceptors (Lipinski definition) is 3. The van der Waals surface area contributed by atoms with Crippen molar-refractivity contribution >= 4 is 33.7 Å². The first-order chi connectivity index (χ1) is 16.2. The summed E-state index contributed by atoms with van der Waals surface area (Å²) < 4.78 is 9.75. The van der Waals surface area contributed by atoms with Crippen LogP contribution < -0.4 is 23.9 Å². The van der Waals surface area contributed by atoms with Crippen LogP contribution in [0.2, 0.25) is 0 Å². The maximum atomic E-state index is 10.8. The molecule has 8 nitrogen and oxygen atoms in total. The second-order valence-electron chi connectivity index (χ2n) is 7.95. The van der Waals surface area contributed by atoms with Crippen molar-refractivity contribution in [2.24, 2.45) is 19.8 Å². The van der Waals surface area contributed by atoms with E-state index < -0.39 is 24.0 Å². The highest BCUT2D eigenvalue weighted by Crippen LogP contribution is 2.22. The molecule has 2 aromatic heterocycles. The Morgan fingerprint density at radius 3 is 1.71 bits per heavy atom. The molecule has 0 spiro atoms. The van der Waals surface area contributed by atoms with E-state index in [0.717, 1.165) is 32.9 Å². The normalized spacial score (nSPS) is 12.0. The van der Waals surface area contributed by atoms with Gasteiger partial charge in [0.2, 0.25) is 0 Å². The second kappa shape index (κ2) is 13.5. The molecular formula is C26H38ClN4O4-. The average molecular weight is 509 g/mol. The molecule has 0 aliphatic heterocycles. The third-order valence-electron chi connectivity index (χ3n) is 5.53. The van der Waals surface area contributed by atoms with Crippen molar-refractivity contribution in [3.63, 3.8) is 0 Å². The Morgan fingerprint density at radius 2 is 1.31 bits per heavy atom. The lowest BCUT2D eigenvalue weighted by molar-refractivity contribution is -0.407. The van der Waals surface area contributed by atoms with Gasteiger partial charge in [0.15, 0.2) is 6.04 Å². The van der Waals surface area contributed by atoms with E-state index in [-0.39, 0.29) is 21.3 Å². The van der Waals surface area contributed by atoms with Crippen LogP contribution in [-0.2, 0) is 36.5 Å². The molecule has 0 unspecified atom stereocenters. The predicted octanol–water partition coefficient (Wildman–Crippen LogP) is -0.0627. The molecule has 0 bridgehead atoms. The van der Waals surface area contributed by atoms with Gasteiger partial charge in [-0.3, -0.25) is 4.79 Å². The van der Waals surface area contributed by atoms with Gasteiger partial charge in [0.25, 0.3) is 0 Å². The Kier molecular flexibility index (Phi) is 11.5. The molecule has 0 aliphatic rings. The van der Waals surface area contributed by atoms with Crippen molar-refractivity contribution in [3.05, 3.63) is 72.1 Å². The number of aliphatic carboxylic acids is 2. The lowest BCUT2D eigenvalue weighted by atomic mass is 10.1. The van der Waals surface area contributed by atoms with Gasteiger partial charge in [-0.25, -0.2) is 4.79 Å². The number of halogens is 1. The number of nitrogens with zero attached hydrogens (tertiary/aromatic N) is 2. The Morgan fingerprint density at radius 1 is 0.914 bits per heavy atom. The molecule has 0 fully saturated rings. The van der Waals surface area contributed by atoms with Gasteiger partial charge in [0.1, 0.15) is 6.04 Å². The topological polar surface area (TPSA) is 138 Å². The number of aromatic nitrogens is 2. The maximum absolute atomic E-state index is 10.8.